The highest BCUT2D eigenvalue weighted by Gasteiger charge is 2.15. The number of amides is 1. The molecule has 5 rings (SSSR count). The third-order valence-corrected chi connectivity index (χ3v) is 6.30. The molecule has 5 nitrogen and oxygen atoms in total. The molecule has 0 aliphatic rings. The third-order valence-electron chi connectivity index (χ3n) is 4.57. The predicted molar refractivity (Wildman–Crippen MR) is 111 cm³/mol. The van der Waals surface area contributed by atoms with E-state index in [1.165, 1.54) is 22.3 Å². The van der Waals surface area contributed by atoms with Crippen LogP contribution in [-0.4, -0.2) is 26.8 Å². The molecule has 4 aromatic heterocycles. The molecule has 0 atom stereocenters. The van der Waals surface area contributed by atoms with Crippen molar-refractivity contribution < 1.29 is 4.79 Å². The van der Waals surface area contributed by atoms with Crippen LogP contribution in [0.5, 0.6) is 0 Å². The van der Waals surface area contributed by atoms with Crippen molar-refractivity contribution in [3.8, 4) is 10.6 Å². The van der Waals surface area contributed by atoms with Gasteiger partial charge in [-0.1, -0.05) is 24.3 Å². The molecule has 0 saturated heterocycles. The highest BCUT2D eigenvalue weighted by Crippen LogP contribution is 2.27. The fourth-order valence-electron chi connectivity index (χ4n) is 3.23. The predicted octanol–water partition coefficient (Wildman–Crippen LogP) is 4.58. The van der Waals surface area contributed by atoms with E-state index in [4.69, 9.17) is 0 Å². The van der Waals surface area contributed by atoms with Gasteiger partial charge in [0, 0.05) is 35.2 Å². The molecule has 2 N–H and O–H groups in total. The Bertz CT molecular complexity index is 1230. The van der Waals surface area contributed by atoms with Crippen LogP contribution < -0.4 is 5.32 Å². The van der Waals surface area contributed by atoms with Crippen LogP contribution in [0, 0.1) is 0 Å². The summed E-state index contributed by atoms with van der Waals surface area (Å²) in [5.74, 6) is -0.0729. The van der Waals surface area contributed by atoms with Gasteiger partial charge >= 0.3 is 0 Å². The van der Waals surface area contributed by atoms with Crippen LogP contribution in [0.2, 0.25) is 0 Å². The monoisotopic (exact) mass is 392 g/mol. The minimum absolute atomic E-state index is 0.0729. The lowest BCUT2D eigenvalue weighted by atomic mass is 10.1. The molecule has 0 aliphatic carbocycles. The van der Waals surface area contributed by atoms with Gasteiger partial charge in [-0.2, -0.15) is 0 Å². The molecule has 0 bridgehead atoms. The Morgan fingerprint density at radius 1 is 1.19 bits per heavy atom. The SMILES string of the molecule is O=C(NCCc1c[nH]c2ccccc12)c1csc2nc(-c3cccs3)cn12. The molecule has 134 valence electrons. The normalized spacial score (nSPS) is 11.4. The van der Waals surface area contributed by atoms with E-state index in [2.05, 4.69) is 27.4 Å². The van der Waals surface area contributed by atoms with Crippen LogP contribution >= 0.6 is 22.7 Å². The summed E-state index contributed by atoms with van der Waals surface area (Å²) in [6.45, 7) is 0.588. The Morgan fingerprint density at radius 2 is 2.11 bits per heavy atom. The van der Waals surface area contributed by atoms with Crippen molar-refractivity contribution in [3.05, 3.63) is 70.8 Å². The Kier molecular flexibility index (Phi) is 4.03. The van der Waals surface area contributed by atoms with Crippen molar-refractivity contribution in [1.82, 2.24) is 19.7 Å². The number of thiophene rings is 1. The minimum atomic E-state index is -0.0729. The second kappa shape index (κ2) is 6.68. The zero-order chi connectivity index (χ0) is 18.2. The number of hydrogen-bond acceptors (Lipinski definition) is 4. The number of para-hydroxylation sites is 1. The van der Waals surface area contributed by atoms with E-state index in [1.807, 2.05) is 51.8 Å². The second-order valence-electron chi connectivity index (χ2n) is 6.24. The summed E-state index contributed by atoms with van der Waals surface area (Å²) in [6.07, 6.45) is 4.74. The van der Waals surface area contributed by atoms with Gasteiger partial charge in [-0.05, 0) is 29.5 Å². The Morgan fingerprint density at radius 3 is 3.00 bits per heavy atom. The van der Waals surface area contributed by atoms with E-state index < -0.39 is 0 Å². The highest BCUT2D eigenvalue weighted by atomic mass is 32.1. The van der Waals surface area contributed by atoms with Crippen molar-refractivity contribution in [3.63, 3.8) is 0 Å². The van der Waals surface area contributed by atoms with Gasteiger partial charge in [0.15, 0.2) is 4.96 Å². The molecule has 5 aromatic rings. The molecule has 0 aliphatic heterocycles. The molecule has 0 unspecified atom stereocenters. The maximum atomic E-state index is 12.6. The van der Waals surface area contributed by atoms with Gasteiger partial charge in [-0.3, -0.25) is 9.20 Å². The first-order valence-electron chi connectivity index (χ1n) is 8.63. The fraction of sp³-hybridized carbons (Fsp3) is 0.100. The maximum Gasteiger partial charge on any atom is 0.269 e. The van der Waals surface area contributed by atoms with Gasteiger partial charge < -0.3 is 10.3 Å². The van der Waals surface area contributed by atoms with E-state index in [0.717, 1.165) is 27.5 Å². The maximum absolute atomic E-state index is 12.6. The molecular formula is C20H16N4OS2. The quantitative estimate of drug-likeness (QED) is 0.460. The first-order chi connectivity index (χ1) is 13.3. The summed E-state index contributed by atoms with van der Waals surface area (Å²) in [4.78, 5) is 22.5. The van der Waals surface area contributed by atoms with Crippen LogP contribution in [0.4, 0.5) is 0 Å². The molecule has 0 fully saturated rings. The summed E-state index contributed by atoms with van der Waals surface area (Å²) in [6, 6.07) is 12.3. The molecular weight excluding hydrogens is 376 g/mol. The summed E-state index contributed by atoms with van der Waals surface area (Å²) in [5.41, 5.74) is 3.87. The van der Waals surface area contributed by atoms with Gasteiger partial charge in [0.25, 0.3) is 5.91 Å². The number of hydrogen-bond donors (Lipinski definition) is 2. The van der Waals surface area contributed by atoms with Crippen molar-refractivity contribution in [2.24, 2.45) is 0 Å². The second-order valence-corrected chi connectivity index (χ2v) is 8.03. The minimum Gasteiger partial charge on any atom is -0.361 e. The number of benzene rings is 1. The number of thiazole rings is 1. The smallest absolute Gasteiger partial charge is 0.269 e. The summed E-state index contributed by atoms with van der Waals surface area (Å²) in [5, 5.41) is 8.13. The largest absolute Gasteiger partial charge is 0.361 e. The van der Waals surface area contributed by atoms with Crippen molar-refractivity contribution in [2.75, 3.05) is 6.54 Å². The number of rotatable bonds is 5. The molecule has 4 heterocycles. The molecule has 1 aromatic carbocycles. The molecule has 7 heteroatoms. The van der Waals surface area contributed by atoms with Crippen LogP contribution in [-0.2, 0) is 6.42 Å². The summed E-state index contributed by atoms with van der Waals surface area (Å²) < 4.78 is 1.88. The van der Waals surface area contributed by atoms with Gasteiger partial charge in [-0.15, -0.1) is 22.7 Å². The molecule has 1 amide bonds. The lowest BCUT2D eigenvalue weighted by molar-refractivity contribution is 0.0948. The number of aromatic amines is 1. The standard InChI is InChI=1S/C20H16N4OS2/c25-19(21-8-7-13-10-22-15-5-2-1-4-14(13)15)17-12-27-20-23-16(11-24(17)20)18-6-3-9-26-18/h1-6,9-12,22H,7-8H2,(H,21,25). The molecule has 0 saturated carbocycles. The van der Waals surface area contributed by atoms with Crippen molar-refractivity contribution in [2.45, 2.75) is 6.42 Å². The lowest BCUT2D eigenvalue weighted by Gasteiger charge is -2.04. The summed E-state index contributed by atoms with van der Waals surface area (Å²) >= 11 is 3.13. The lowest BCUT2D eigenvalue weighted by Crippen LogP contribution is -2.26. The highest BCUT2D eigenvalue weighted by molar-refractivity contribution is 7.15. The van der Waals surface area contributed by atoms with Crippen LogP contribution in [0.15, 0.2) is 59.6 Å². The first kappa shape index (κ1) is 16.3. The number of nitrogens with one attached hydrogen (secondary N) is 2. The molecule has 0 spiro atoms. The Labute approximate surface area is 163 Å². The van der Waals surface area contributed by atoms with Crippen LogP contribution in [0.1, 0.15) is 16.1 Å². The van der Waals surface area contributed by atoms with E-state index >= 15 is 0 Å². The summed E-state index contributed by atoms with van der Waals surface area (Å²) in [7, 11) is 0. The Hall–Kier alpha value is -2.90. The van der Waals surface area contributed by atoms with Gasteiger partial charge in [-0.25, -0.2) is 4.98 Å². The number of imidazole rings is 1. The fourth-order valence-corrected chi connectivity index (χ4v) is 4.76. The number of nitrogens with zero attached hydrogens (tertiary/aromatic N) is 2. The van der Waals surface area contributed by atoms with Gasteiger partial charge in [0.1, 0.15) is 11.4 Å². The number of aromatic nitrogens is 3. The zero-order valence-corrected chi connectivity index (χ0v) is 15.9. The average molecular weight is 393 g/mol. The number of carbonyl (C=O) groups excluding carboxylic acids is 1. The van der Waals surface area contributed by atoms with Gasteiger partial charge in [0.2, 0.25) is 0 Å². The topological polar surface area (TPSA) is 62.2 Å². The van der Waals surface area contributed by atoms with Crippen molar-refractivity contribution >= 4 is 44.4 Å². The van der Waals surface area contributed by atoms with Crippen molar-refractivity contribution in [1.29, 1.82) is 0 Å². The van der Waals surface area contributed by atoms with E-state index in [9.17, 15) is 4.79 Å². The molecule has 0 radical (unpaired) electrons. The zero-order valence-electron chi connectivity index (χ0n) is 14.3. The first-order valence-corrected chi connectivity index (χ1v) is 10.4. The number of carbonyl (C=O) groups is 1. The third kappa shape index (κ3) is 2.94. The average Bonchev–Trinajstić information content (AvgIpc) is 3.44. The van der Waals surface area contributed by atoms with E-state index in [-0.39, 0.29) is 5.91 Å². The van der Waals surface area contributed by atoms with Crippen LogP contribution in [0.3, 0.4) is 0 Å². The van der Waals surface area contributed by atoms with Crippen LogP contribution in [0.25, 0.3) is 26.4 Å². The number of fused-ring (bicyclic) bond motifs is 2. The van der Waals surface area contributed by atoms with E-state index in [1.54, 1.807) is 11.3 Å². The Balaban J connectivity index is 1.31. The number of H-pyrrole nitrogens is 1. The van der Waals surface area contributed by atoms with Gasteiger partial charge in [0.05, 0.1) is 4.88 Å². The molecule has 27 heavy (non-hydrogen) atoms. The van der Waals surface area contributed by atoms with E-state index in [0.29, 0.717) is 12.2 Å².